The van der Waals surface area contributed by atoms with Crippen molar-refractivity contribution in [2.75, 3.05) is 26.4 Å². The highest BCUT2D eigenvalue weighted by molar-refractivity contribution is 5.84. The van der Waals surface area contributed by atoms with E-state index in [0.717, 1.165) is 0 Å². The van der Waals surface area contributed by atoms with E-state index in [9.17, 15) is 9.59 Å². The van der Waals surface area contributed by atoms with Crippen molar-refractivity contribution in [2.45, 2.75) is 27.2 Å². The predicted molar refractivity (Wildman–Crippen MR) is 66.1 cm³/mol. The fourth-order valence-electron chi connectivity index (χ4n) is 1.35. The van der Waals surface area contributed by atoms with E-state index < -0.39 is 11.4 Å². The highest BCUT2D eigenvalue weighted by atomic mass is 16.5. The van der Waals surface area contributed by atoms with E-state index in [1.807, 2.05) is 0 Å². The molecule has 1 unspecified atom stereocenters. The number of aliphatic hydroxyl groups is 1. The van der Waals surface area contributed by atoms with Crippen molar-refractivity contribution >= 4 is 11.9 Å². The molecule has 0 aromatic carbocycles. The Morgan fingerprint density at radius 1 is 1.33 bits per heavy atom. The summed E-state index contributed by atoms with van der Waals surface area (Å²) in [5.41, 5.74) is -1.06. The number of nitrogens with one attached hydrogen (secondary N) is 1. The maximum Gasteiger partial charge on any atom is 0.310 e. The number of ether oxygens (including phenoxy) is 1. The summed E-state index contributed by atoms with van der Waals surface area (Å²) in [6.45, 7) is 5.93. The summed E-state index contributed by atoms with van der Waals surface area (Å²) in [6, 6.07) is 0. The molecule has 3 N–H and O–H groups in total. The molecule has 18 heavy (non-hydrogen) atoms. The number of aliphatic hydroxyl groups excluding tert-OH is 1. The first-order valence-electron chi connectivity index (χ1n) is 6.03. The Morgan fingerprint density at radius 3 is 2.39 bits per heavy atom. The largest absolute Gasteiger partial charge is 0.481 e. The first-order chi connectivity index (χ1) is 8.34. The number of amides is 1. The van der Waals surface area contributed by atoms with Crippen LogP contribution in [0.4, 0.5) is 0 Å². The second kappa shape index (κ2) is 8.05. The predicted octanol–water partition coefficient (Wildman–Crippen LogP) is 0.249. The number of aliphatic carboxylic acids is 1. The van der Waals surface area contributed by atoms with E-state index in [2.05, 4.69) is 5.32 Å². The van der Waals surface area contributed by atoms with Gasteiger partial charge in [-0.05, 0) is 12.8 Å². The summed E-state index contributed by atoms with van der Waals surface area (Å²) in [5, 5.41) is 20.2. The van der Waals surface area contributed by atoms with Gasteiger partial charge in [0.2, 0.25) is 5.91 Å². The molecule has 0 aliphatic rings. The van der Waals surface area contributed by atoms with Crippen molar-refractivity contribution < 1.29 is 24.5 Å². The molecule has 0 rings (SSSR count). The van der Waals surface area contributed by atoms with Crippen molar-refractivity contribution in [1.29, 1.82) is 0 Å². The molecule has 0 saturated heterocycles. The summed E-state index contributed by atoms with van der Waals surface area (Å²) in [4.78, 5) is 22.8. The highest BCUT2D eigenvalue weighted by Gasteiger charge is 2.38. The molecular formula is C12H23NO5. The molecule has 0 saturated carbocycles. The maximum atomic E-state index is 11.6. The van der Waals surface area contributed by atoms with Crippen molar-refractivity contribution in [2.24, 2.45) is 11.3 Å². The third-order valence-corrected chi connectivity index (χ3v) is 3.09. The molecule has 6 nitrogen and oxygen atoms in total. The lowest BCUT2D eigenvalue weighted by atomic mass is 9.76. The van der Waals surface area contributed by atoms with E-state index in [1.165, 1.54) is 0 Å². The fourth-order valence-corrected chi connectivity index (χ4v) is 1.35. The maximum absolute atomic E-state index is 11.6. The topological polar surface area (TPSA) is 95.9 Å². The van der Waals surface area contributed by atoms with Crippen LogP contribution in [0.3, 0.4) is 0 Å². The molecule has 0 aromatic heterocycles. The van der Waals surface area contributed by atoms with Gasteiger partial charge in [0.25, 0.3) is 0 Å². The summed E-state index contributed by atoms with van der Waals surface area (Å²) in [5.74, 6) is -1.41. The van der Waals surface area contributed by atoms with Crippen molar-refractivity contribution in [3.8, 4) is 0 Å². The zero-order valence-electron chi connectivity index (χ0n) is 11.2. The third kappa shape index (κ3) is 5.46. The average Bonchev–Trinajstić information content (AvgIpc) is 2.28. The van der Waals surface area contributed by atoms with Crippen LogP contribution in [-0.2, 0) is 14.3 Å². The molecule has 1 amide bonds. The molecule has 106 valence electrons. The normalized spacial score (nSPS) is 14.3. The smallest absolute Gasteiger partial charge is 0.310 e. The third-order valence-electron chi connectivity index (χ3n) is 3.09. The van der Waals surface area contributed by atoms with Crippen LogP contribution in [0.25, 0.3) is 0 Å². The lowest BCUT2D eigenvalue weighted by Crippen LogP contribution is -2.39. The monoisotopic (exact) mass is 261 g/mol. The van der Waals surface area contributed by atoms with Crippen LogP contribution < -0.4 is 5.32 Å². The lowest BCUT2D eigenvalue weighted by molar-refractivity contribution is -0.153. The Hall–Kier alpha value is -1.14. The van der Waals surface area contributed by atoms with E-state index >= 15 is 0 Å². The van der Waals surface area contributed by atoms with E-state index in [4.69, 9.17) is 14.9 Å². The van der Waals surface area contributed by atoms with Gasteiger partial charge < -0.3 is 20.3 Å². The van der Waals surface area contributed by atoms with Gasteiger partial charge in [-0.25, -0.2) is 0 Å². The zero-order valence-corrected chi connectivity index (χ0v) is 11.2. The van der Waals surface area contributed by atoms with Gasteiger partial charge in [-0.3, -0.25) is 9.59 Å². The van der Waals surface area contributed by atoms with Crippen LogP contribution >= 0.6 is 0 Å². The molecule has 0 aliphatic heterocycles. The van der Waals surface area contributed by atoms with E-state index in [1.54, 1.807) is 20.8 Å². The van der Waals surface area contributed by atoms with Crippen molar-refractivity contribution in [1.82, 2.24) is 5.32 Å². The molecule has 6 heteroatoms. The first-order valence-corrected chi connectivity index (χ1v) is 6.03. The van der Waals surface area contributed by atoms with Gasteiger partial charge >= 0.3 is 5.97 Å². The Morgan fingerprint density at radius 2 is 1.94 bits per heavy atom. The standard InChI is InChI=1S/C12H23NO5/c1-9(2)12(3,11(16)17)8-10(15)13-4-6-18-7-5-14/h9,14H,4-8H2,1-3H3,(H,13,15)(H,16,17). The molecule has 0 radical (unpaired) electrons. The number of carboxylic acid groups (broad SMARTS) is 1. The average molecular weight is 261 g/mol. The van der Waals surface area contributed by atoms with Crippen LogP contribution in [0.2, 0.25) is 0 Å². The molecule has 0 spiro atoms. The van der Waals surface area contributed by atoms with Crippen molar-refractivity contribution in [3.63, 3.8) is 0 Å². The Labute approximate surface area is 107 Å². The zero-order chi connectivity index (χ0) is 14.2. The fraction of sp³-hybridized carbons (Fsp3) is 0.833. The summed E-state index contributed by atoms with van der Waals surface area (Å²) in [6.07, 6.45) is -0.0556. The number of carboxylic acids is 1. The van der Waals surface area contributed by atoms with Gasteiger partial charge in [-0.15, -0.1) is 0 Å². The van der Waals surface area contributed by atoms with Gasteiger partial charge in [0.15, 0.2) is 0 Å². The number of hydrogen-bond donors (Lipinski definition) is 3. The van der Waals surface area contributed by atoms with Crippen molar-refractivity contribution in [3.05, 3.63) is 0 Å². The number of rotatable bonds is 9. The minimum atomic E-state index is -1.06. The minimum absolute atomic E-state index is 0.0556. The summed E-state index contributed by atoms with van der Waals surface area (Å²) >= 11 is 0. The molecule has 0 aliphatic carbocycles. The Balaban J connectivity index is 4.09. The lowest BCUT2D eigenvalue weighted by Gasteiger charge is -2.28. The second-order valence-corrected chi connectivity index (χ2v) is 4.74. The number of carbonyl (C=O) groups excluding carboxylic acids is 1. The molecular weight excluding hydrogens is 238 g/mol. The first kappa shape index (κ1) is 16.9. The van der Waals surface area contributed by atoms with Crippen LogP contribution in [0.1, 0.15) is 27.2 Å². The van der Waals surface area contributed by atoms with E-state index in [-0.39, 0.29) is 31.5 Å². The van der Waals surface area contributed by atoms with Crippen LogP contribution in [0.15, 0.2) is 0 Å². The van der Waals surface area contributed by atoms with E-state index in [0.29, 0.717) is 13.2 Å². The number of carbonyl (C=O) groups is 2. The molecule has 0 heterocycles. The van der Waals surface area contributed by atoms with Gasteiger partial charge in [0, 0.05) is 13.0 Å². The van der Waals surface area contributed by atoms with Gasteiger partial charge in [0.05, 0.1) is 25.2 Å². The molecule has 0 aromatic rings. The second-order valence-electron chi connectivity index (χ2n) is 4.74. The Bertz CT molecular complexity index is 280. The van der Waals surface area contributed by atoms with Crippen LogP contribution in [-0.4, -0.2) is 48.5 Å². The molecule has 1 atom stereocenters. The Kier molecular flexibility index (Phi) is 7.54. The van der Waals surface area contributed by atoms with Gasteiger partial charge in [-0.1, -0.05) is 13.8 Å². The number of hydrogen-bond acceptors (Lipinski definition) is 4. The van der Waals surface area contributed by atoms with Crippen LogP contribution in [0.5, 0.6) is 0 Å². The van der Waals surface area contributed by atoms with Gasteiger partial charge in [0.1, 0.15) is 0 Å². The van der Waals surface area contributed by atoms with Crippen LogP contribution in [0, 0.1) is 11.3 Å². The van der Waals surface area contributed by atoms with Gasteiger partial charge in [-0.2, -0.15) is 0 Å². The minimum Gasteiger partial charge on any atom is -0.481 e. The molecule has 0 fully saturated rings. The molecule has 0 bridgehead atoms. The highest BCUT2D eigenvalue weighted by Crippen LogP contribution is 2.31. The quantitative estimate of drug-likeness (QED) is 0.517. The SMILES string of the molecule is CC(C)C(C)(CC(=O)NCCOCCO)C(=O)O. The summed E-state index contributed by atoms with van der Waals surface area (Å²) < 4.78 is 4.98. The summed E-state index contributed by atoms with van der Waals surface area (Å²) in [7, 11) is 0.